The Morgan fingerprint density at radius 3 is 2.16 bits per heavy atom. The zero-order valence-electron chi connectivity index (χ0n) is 21.1. The highest BCUT2D eigenvalue weighted by atomic mass is 35.5. The Morgan fingerprint density at radius 1 is 0.921 bits per heavy atom. The Kier molecular flexibility index (Phi) is 8.46. The number of hydrogen-bond acceptors (Lipinski definition) is 5. The van der Waals surface area contributed by atoms with Gasteiger partial charge in [-0.15, -0.1) is 0 Å². The second-order valence-electron chi connectivity index (χ2n) is 9.49. The lowest BCUT2D eigenvalue weighted by atomic mass is 9.97. The Hall–Kier alpha value is -2.92. The van der Waals surface area contributed by atoms with Gasteiger partial charge < -0.3 is 5.32 Å². The molecule has 1 saturated heterocycles. The van der Waals surface area contributed by atoms with Crippen LogP contribution >= 0.6 is 11.6 Å². The van der Waals surface area contributed by atoms with Crippen LogP contribution in [0.4, 0.5) is 11.4 Å². The maximum atomic E-state index is 12.8. The van der Waals surface area contributed by atoms with Gasteiger partial charge in [-0.25, -0.2) is 21.1 Å². The molecule has 2 N–H and O–H groups in total. The minimum atomic E-state index is -3.79. The highest BCUT2D eigenvalue weighted by Crippen LogP contribution is 2.25. The predicted octanol–water partition coefficient (Wildman–Crippen LogP) is 4.94. The predicted molar refractivity (Wildman–Crippen MR) is 150 cm³/mol. The lowest BCUT2D eigenvalue weighted by Gasteiger charge is -2.30. The van der Waals surface area contributed by atoms with E-state index in [1.807, 2.05) is 26.0 Å². The molecule has 11 heteroatoms. The lowest BCUT2D eigenvalue weighted by molar-refractivity contribution is -0.120. The Labute approximate surface area is 229 Å². The van der Waals surface area contributed by atoms with E-state index in [4.69, 9.17) is 11.6 Å². The molecule has 8 nitrogen and oxygen atoms in total. The fourth-order valence-electron chi connectivity index (χ4n) is 4.37. The van der Waals surface area contributed by atoms with Crippen molar-refractivity contribution in [2.45, 2.75) is 37.3 Å². The normalized spacial score (nSPS) is 15.2. The molecule has 0 saturated carbocycles. The summed E-state index contributed by atoms with van der Waals surface area (Å²) in [6, 6.07) is 18.1. The summed E-state index contributed by atoms with van der Waals surface area (Å²) in [5.74, 6) is -0.676. The number of carbonyl (C=O) groups is 1. The largest absolute Gasteiger partial charge is 0.326 e. The number of amides is 1. The average Bonchev–Trinajstić information content (AvgIpc) is 2.87. The molecule has 1 aliphatic rings. The fourth-order valence-corrected chi connectivity index (χ4v) is 7.19. The lowest BCUT2D eigenvalue weighted by Crippen LogP contribution is -2.41. The molecule has 3 aromatic carbocycles. The van der Waals surface area contributed by atoms with Gasteiger partial charge in [-0.1, -0.05) is 41.4 Å². The number of aryl methyl sites for hydroxylation is 2. The van der Waals surface area contributed by atoms with Gasteiger partial charge in [0.25, 0.3) is 10.0 Å². The van der Waals surface area contributed by atoms with Crippen LogP contribution < -0.4 is 10.0 Å². The molecule has 1 fully saturated rings. The minimum Gasteiger partial charge on any atom is -0.326 e. The summed E-state index contributed by atoms with van der Waals surface area (Å²) in [4.78, 5) is 12.9. The summed E-state index contributed by atoms with van der Waals surface area (Å²) in [7, 11) is -7.30. The second-order valence-corrected chi connectivity index (χ2v) is 13.6. The third kappa shape index (κ3) is 6.93. The number of sulfonamides is 2. The van der Waals surface area contributed by atoms with E-state index in [2.05, 4.69) is 10.0 Å². The third-order valence-electron chi connectivity index (χ3n) is 6.54. The van der Waals surface area contributed by atoms with Crippen LogP contribution in [0.3, 0.4) is 0 Å². The van der Waals surface area contributed by atoms with Crippen molar-refractivity contribution < 1.29 is 21.6 Å². The molecule has 1 heterocycles. The van der Waals surface area contributed by atoms with Crippen LogP contribution in [0.5, 0.6) is 0 Å². The minimum absolute atomic E-state index is 0.0784. The van der Waals surface area contributed by atoms with Crippen LogP contribution in [0.25, 0.3) is 0 Å². The number of halogens is 1. The molecule has 0 aliphatic carbocycles. The van der Waals surface area contributed by atoms with Crippen LogP contribution in [-0.2, 0) is 30.6 Å². The maximum absolute atomic E-state index is 12.8. The van der Waals surface area contributed by atoms with Gasteiger partial charge in [0.1, 0.15) is 0 Å². The Morgan fingerprint density at radius 2 is 1.55 bits per heavy atom. The summed E-state index contributed by atoms with van der Waals surface area (Å²) in [5, 5.41) is 3.36. The molecule has 38 heavy (non-hydrogen) atoms. The zero-order chi connectivity index (χ0) is 27.5. The summed E-state index contributed by atoms with van der Waals surface area (Å²) >= 11 is 5.87. The Bertz CT molecular complexity index is 1520. The third-order valence-corrected chi connectivity index (χ3v) is 10.0. The smallest absolute Gasteiger partial charge is 0.261 e. The molecule has 202 valence electrons. The highest BCUT2D eigenvalue weighted by Gasteiger charge is 2.31. The van der Waals surface area contributed by atoms with Crippen molar-refractivity contribution in [3.63, 3.8) is 0 Å². The van der Waals surface area contributed by atoms with Gasteiger partial charge in [0.05, 0.1) is 16.3 Å². The van der Waals surface area contributed by atoms with E-state index in [0.717, 1.165) is 11.1 Å². The molecule has 1 amide bonds. The van der Waals surface area contributed by atoms with Crippen LogP contribution in [-0.4, -0.2) is 40.1 Å². The first kappa shape index (κ1) is 28.1. The number of nitrogens with one attached hydrogen (secondary N) is 2. The molecule has 0 unspecified atom stereocenters. The van der Waals surface area contributed by atoms with E-state index >= 15 is 0 Å². The second kappa shape index (κ2) is 11.4. The van der Waals surface area contributed by atoms with Crippen molar-refractivity contribution >= 4 is 48.9 Å². The number of rotatable bonds is 8. The molecular formula is C27H30ClN3O5S2. The van der Waals surface area contributed by atoms with E-state index < -0.39 is 20.0 Å². The zero-order valence-corrected chi connectivity index (χ0v) is 23.5. The summed E-state index contributed by atoms with van der Waals surface area (Å²) < 4.78 is 55.2. The molecule has 0 atom stereocenters. The number of hydrogen-bond donors (Lipinski definition) is 2. The first-order valence-corrected chi connectivity index (χ1v) is 15.6. The van der Waals surface area contributed by atoms with E-state index in [-0.39, 0.29) is 35.6 Å². The average molecular weight is 576 g/mol. The van der Waals surface area contributed by atoms with Gasteiger partial charge in [-0.3, -0.25) is 9.52 Å². The summed E-state index contributed by atoms with van der Waals surface area (Å²) in [6.45, 7) is 4.29. The SMILES string of the molecule is Cc1ccc(NS(=O)(=O)c2ccc(NC(=O)C3CCN(S(=O)(=O)Cc4ccc(Cl)cc4)CC3)cc2)c(C)c1. The fraction of sp³-hybridized carbons (Fsp3) is 0.296. The first-order valence-electron chi connectivity index (χ1n) is 12.2. The van der Waals surface area contributed by atoms with Gasteiger partial charge >= 0.3 is 0 Å². The van der Waals surface area contributed by atoms with Crippen LogP contribution in [0.2, 0.25) is 5.02 Å². The number of piperidine rings is 1. The van der Waals surface area contributed by atoms with Gasteiger partial charge in [0.15, 0.2) is 0 Å². The standard InChI is InChI=1S/C27H30ClN3O5S2/c1-19-3-12-26(20(2)17-19)30-38(35,36)25-10-8-24(9-11-25)29-27(32)22-13-15-31(16-14-22)37(33,34)18-21-4-6-23(28)7-5-21/h3-12,17,22,30H,13-16,18H2,1-2H3,(H,29,32). The molecule has 3 aromatic rings. The Balaban J connectivity index is 1.32. The summed E-state index contributed by atoms with van der Waals surface area (Å²) in [6.07, 6.45) is 0.802. The van der Waals surface area contributed by atoms with Gasteiger partial charge in [-0.05, 0) is 80.3 Å². The molecule has 1 aliphatic heterocycles. The van der Waals surface area contributed by atoms with Crippen molar-refractivity contribution in [3.05, 3.63) is 88.4 Å². The number of benzene rings is 3. The van der Waals surface area contributed by atoms with E-state index in [1.54, 1.807) is 42.5 Å². The molecule has 4 rings (SSSR count). The molecule has 0 aromatic heterocycles. The maximum Gasteiger partial charge on any atom is 0.261 e. The van der Waals surface area contributed by atoms with E-state index in [9.17, 15) is 21.6 Å². The van der Waals surface area contributed by atoms with Crippen molar-refractivity contribution in [1.29, 1.82) is 0 Å². The topological polar surface area (TPSA) is 113 Å². The molecule has 0 radical (unpaired) electrons. The van der Waals surface area contributed by atoms with Crippen LogP contribution in [0, 0.1) is 19.8 Å². The number of nitrogens with zero attached hydrogens (tertiary/aromatic N) is 1. The van der Waals surface area contributed by atoms with Crippen molar-refractivity contribution in [3.8, 4) is 0 Å². The van der Waals surface area contributed by atoms with Crippen LogP contribution in [0.15, 0.2) is 71.6 Å². The van der Waals surface area contributed by atoms with Crippen LogP contribution in [0.1, 0.15) is 29.5 Å². The number of anilines is 2. The molecular weight excluding hydrogens is 546 g/mol. The summed E-state index contributed by atoms with van der Waals surface area (Å²) in [5.41, 5.74) is 3.49. The quantitative estimate of drug-likeness (QED) is 0.395. The van der Waals surface area contributed by atoms with Crippen molar-refractivity contribution in [2.24, 2.45) is 5.92 Å². The van der Waals surface area contributed by atoms with Gasteiger partial charge in [0.2, 0.25) is 15.9 Å². The number of carbonyl (C=O) groups excluding carboxylic acids is 1. The highest BCUT2D eigenvalue weighted by molar-refractivity contribution is 7.92. The van der Waals surface area contributed by atoms with Gasteiger partial charge in [-0.2, -0.15) is 0 Å². The van der Waals surface area contributed by atoms with Gasteiger partial charge in [0, 0.05) is 29.7 Å². The monoisotopic (exact) mass is 575 g/mol. The molecule has 0 bridgehead atoms. The van der Waals surface area contributed by atoms with Crippen molar-refractivity contribution in [1.82, 2.24) is 4.31 Å². The first-order chi connectivity index (χ1) is 17.9. The van der Waals surface area contributed by atoms with Crippen molar-refractivity contribution in [2.75, 3.05) is 23.1 Å². The van der Waals surface area contributed by atoms with E-state index in [0.29, 0.717) is 34.8 Å². The molecule has 0 spiro atoms. The van der Waals surface area contributed by atoms with E-state index in [1.165, 1.54) is 16.4 Å².